The van der Waals surface area contributed by atoms with E-state index in [2.05, 4.69) is 135 Å². The normalized spacial score (nSPS) is 11.2. The third-order valence-electron chi connectivity index (χ3n) is 9.90. The fourth-order valence-corrected chi connectivity index (χ4v) is 7.24. The van der Waals surface area contributed by atoms with Crippen molar-refractivity contribution in [3.63, 3.8) is 0 Å². The van der Waals surface area contributed by atoms with E-state index in [1.807, 2.05) is 24.3 Å². The lowest BCUT2D eigenvalue weighted by Crippen LogP contribution is -1.95. The number of aryl methyl sites for hydroxylation is 2. The molecule has 0 aliphatic heterocycles. The molecule has 0 aliphatic rings. The molecule has 8 rings (SSSR count). The fraction of sp³-hybridized carbons (Fsp3) is 0.0870. The van der Waals surface area contributed by atoms with Crippen LogP contribution in [0.5, 0.6) is 0 Å². The Bertz CT molecular complexity index is 2360. The SMILES string of the molecule is CCc1ccc(-c2cc(-c3ccc(C#N)cc3)c3ccc4c(-c5ccc(CC)cc5)cc(-c5ccc(C#N)cc5)c5ccc2c3c54)cc1. The molecule has 226 valence electrons. The molecule has 0 atom stereocenters. The van der Waals surface area contributed by atoms with Gasteiger partial charge in [-0.15, -0.1) is 0 Å². The van der Waals surface area contributed by atoms with E-state index in [-0.39, 0.29) is 0 Å². The van der Waals surface area contributed by atoms with Gasteiger partial charge in [0.1, 0.15) is 0 Å². The minimum Gasteiger partial charge on any atom is -0.192 e. The summed E-state index contributed by atoms with van der Waals surface area (Å²) in [5.41, 5.74) is 13.1. The van der Waals surface area contributed by atoms with Crippen LogP contribution in [-0.4, -0.2) is 0 Å². The first-order valence-corrected chi connectivity index (χ1v) is 16.6. The van der Waals surface area contributed by atoms with E-state index in [9.17, 15) is 10.5 Å². The van der Waals surface area contributed by atoms with Crippen molar-refractivity contribution >= 4 is 32.3 Å². The largest absolute Gasteiger partial charge is 0.192 e. The maximum Gasteiger partial charge on any atom is 0.0991 e. The van der Waals surface area contributed by atoms with E-state index in [1.165, 1.54) is 65.7 Å². The first kappa shape index (κ1) is 29.2. The van der Waals surface area contributed by atoms with E-state index in [1.54, 1.807) is 0 Å². The first-order valence-electron chi connectivity index (χ1n) is 16.6. The summed E-state index contributed by atoms with van der Waals surface area (Å²) in [7, 11) is 0. The Morgan fingerprint density at radius 3 is 0.896 bits per heavy atom. The molecule has 0 N–H and O–H groups in total. The number of rotatable bonds is 6. The second-order valence-electron chi connectivity index (χ2n) is 12.5. The molecule has 0 saturated carbocycles. The summed E-state index contributed by atoms with van der Waals surface area (Å²) in [5.74, 6) is 0. The predicted octanol–water partition coefficient (Wildman–Crippen LogP) is 12.1. The van der Waals surface area contributed by atoms with E-state index in [0.717, 1.165) is 35.1 Å². The lowest BCUT2D eigenvalue weighted by Gasteiger charge is -2.21. The van der Waals surface area contributed by atoms with Gasteiger partial charge in [0.05, 0.1) is 23.3 Å². The molecule has 0 radical (unpaired) electrons. The van der Waals surface area contributed by atoms with Crippen molar-refractivity contribution in [2.45, 2.75) is 26.7 Å². The first-order chi connectivity index (χ1) is 23.6. The molecule has 8 aromatic rings. The summed E-state index contributed by atoms with van der Waals surface area (Å²) < 4.78 is 0. The van der Waals surface area contributed by atoms with Crippen LogP contribution in [-0.2, 0) is 12.8 Å². The Morgan fingerprint density at radius 1 is 0.375 bits per heavy atom. The van der Waals surface area contributed by atoms with Gasteiger partial charge in [-0.1, -0.05) is 111 Å². The summed E-state index contributed by atoms with van der Waals surface area (Å²) in [6, 6.07) is 52.2. The fourth-order valence-electron chi connectivity index (χ4n) is 7.24. The Morgan fingerprint density at radius 2 is 0.646 bits per heavy atom. The molecule has 0 aromatic heterocycles. The molecule has 2 heteroatoms. The molecule has 0 spiro atoms. The zero-order chi connectivity index (χ0) is 32.8. The smallest absolute Gasteiger partial charge is 0.0991 e. The van der Waals surface area contributed by atoms with Gasteiger partial charge in [0.25, 0.3) is 0 Å². The van der Waals surface area contributed by atoms with Crippen LogP contribution >= 0.6 is 0 Å². The summed E-state index contributed by atoms with van der Waals surface area (Å²) in [5, 5.41) is 26.3. The minimum absolute atomic E-state index is 0.651. The number of nitriles is 2. The van der Waals surface area contributed by atoms with Gasteiger partial charge in [-0.25, -0.2) is 0 Å². The zero-order valence-electron chi connectivity index (χ0n) is 27.0. The molecule has 0 amide bonds. The van der Waals surface area contributed by atoms with Gasteiger partial charge in [0.15, 0.2) is 0 Å². The van der Waals surface area contributed by atoms with Crippen molar-refractivity contribution < 1.29 is 0 Å². The van der Waals surface area contributed by atoms with E-state index in [4.69, 9.17) is 0 Å². The van der Waals surface area contributed by atoms with Crippen molar-refractivity contribution in [2.75, 3.05) is 0 Å². The molecule has 0 fully saturated rings. The third-order valence-corrected chi connectivity index (χ3v) is 9.90. The number of hydrogen-bond donors (Lipinski definition) is 0. The lowest BCUT2D eigenvalue weighted by atomic mass is 9.81. The van der Waals surface area contributed by atoms with Crippen molar-refractivity contribution in [3.05, 3.63) is 156 Å². The van der Waals surface area contributed by atoms with E-state index < -0.39 is 0 Å². The van der Waals surface area contributed by atoms with Gasteiger partial charge < -0.3 is 0 Å². The predicted molar refractivity (Wildman–Crippen MR) is 200 cm³/mol. The second kappa shape index (κ2) is 11.9. The van der Waals surface area contributed by atoms with Crippen molar-refractivity contribution in [2.24, 2.45) is 0 Å². The average molecular weight is 613 g/mol. The highest BCUT2D eigenvalue weighted by Gasteiger charge is 2.21. The molecule has 0 unspecified atom stereocenters. The van der Waals surface area contributed by atoms with Crippen LogP contribution in [0, 0.1) is 22.7 Å². The Balaban J connectivity index is 1.52. The van der Waals surface area contributed by atoms with Crippen LogP contribution in [0.2, 0.25) is 0 Å². The van der Waals surface area contributed by atoms with Crippen molar-refractivity contribution in [1.29, 1.82) is 10.5 Å². The van der Waals surface area contributed by atoms with Gasteiger partial charge in [0.2, 0.25) is 0 Å². The monoisotopic (exact) mass is 612 g/mol. The molecule has 8 aromatic carbocycles. The van der Waals surface area contributed by atoms with Crippen LogP contribution in [0.15, 0.2) is 133 Å². The average Bonchev–Trinajstić information content (AvgIpc) is 3.16. The molecule has 0 aliphatic carbocycles. The highest BCUT2D eigenvalue weighted by Crippen LogP contribution is 2.48. The van der Waals surface area contributed by atoms with Crippen LogP contribution in [0.25, 0.3) is 76.8 Å². The number of hydrogen-bond acceptors (Lipinski definition) is 2. The molecular formula is C46H32N2. The van der Waals surface area contributed by atoms with E-state index >= 15 is 0 Å². The van der Waals surface area contributed by atoms with Gasteiger partial charge >= 0.3 is 0 Å². The second-order valence-corrected chi connectivity index (χ2v) is 12.5. The van der Waals surface area contributed by atoms with Crippen LogP contribution in [0.4, 0.5) is 0 Å². The molecule has 0 heterocycles. The van der Waals surface area contributed by atoms with E-state index in [0.29, 0.717) is 11.1 Å². The topological polar surface area (TPSA) is 47.6 Å². The number of benzene rings is 8. The summed E-state index contributed by atoms with van der Waals surface area (Å²) in [4.78, 5) is 0. The van der Waals surface area contributed by atoms with Crippen LogP contribution in [0.3, 0.4) is 0 Å². The molecule has 0 bridgehead atoms. The lowest BCUT2D eigenvalue weighted by molar-refractivity contribution is 1.14. The van der Waals surface area contributed by atoms with Gasteiger partial charge in [-0.3, -0.25) is 0 Å². The van der Waals surface area contributed by atoms with Gasteiger partial charge in [-0.05, 0) is 137 Å². The van der Waals surface area contributed by atoms with Gasteiger partial charge in [-0.2, -0.15) is 10.5 Å². The van der Waals surface area contributed by atoms with Crippen LogP contribution in [0.1, 0.15) is 36.1 Å². The standard InChI is InChI=1S/C46H32N2/c1-3-29-5-13-33(14-6-29)41-25-43(35-17-9-31(27-47)10-18-35)39-24-22-38-42(34-15-7-30(4-2)8-16-34)26-44(36-19-11-32(28-48)12-20-36)40-23-21-37(41)45(39)46(38)40/h5-26H,3-4H2,1-2H3. The molecule has 2 nitrogen and oxygen atoms in total. The third kappa shape index (κ3) is 4.79. The van der Waals surface area contributed by atoms with Crippen LogP contribution < -0.4 is 0 Å². The highest BCUT2D eigenvalue weighted by atomic mass is 14.3. The maximum atomic E-state index is 9.52. The summed E-state index contributed by atoms with van der Waals surface area (Å²) >= 11 is 0. The maximum absolute atomic E-state index is 9.52. The summed E-state index contributed by atoms with van der Waals surface area (Å²) in [6.07, 6.45) is 1.99. The Hall–Kier alpha value is -6.22. The van der Waals surface area contributed by atoms with Crippen molar-refractivity contribution in [1.82, 2.24) is 0 Å². The Labute approximate surface area is 281 Å². The zero-order valence-corrected chi connectivity index (χ0v) is 27.0. The molecule has 48 heavy (non-hydrogen) atoms. The highest BCUT2D eigenvalue weighted by molar-refractivity contribution is 6.31. The quantitative estimate of drug-likeness (QED) is 0.175. The Kier molecular flexibility index (Phi) is 7.21. The summed E-state index contributed by atoms with van der Waals surface area (Å²) in [6.45, 7) is 4.38. The van der Waals surface area contributed by atoms with Crippen molar-refractivity contribution in [3.8, 4) is 56.6 Å². The molecular weight excluding hydrogens is 581 g/mol. The minimum atomic E-state index is 0.651. The number of nitrogens with zero attached hydrogens (tertiary/aromatic N) is 2. The van der Waals surface area contributed by atoms with Gasteiger partial charge in [0, 0.05) is 0 Å². The molecule has 0 saturated heterocycles.